The fourth-order valence-electron chi connectivity index (χ4n) is 6.15. The summed E-state index contributed by atoms with van der Waals surface area (Å²) in [4.78, 5) is 24.4. The minimum atomic E-state index is -0.819. The van der Waals surface area contributed by atoms with Crippen LogP contribution in [-0.4, -0.2) is 36.4 Å². The van der Waals surface area contributed by atoms with Gasteiger partial charge >= 0.3 is 11.9 Å². The van der Waals surface area contributed by atoms with E-state index in [1.165, 1.54) is 38.5 Å². The predicted octanol–water partition coefficient (Wildman–Crippen LogP) is 16.8. The second-order valence-corrected chi connectivity index (χ2v) is 15.8. The van der Waals surface area contributed by atoms with E-state index in [4.69, 9.17) is 9.47 Å². The summed E-state index contributed by atoms with van der Waals surface area (Å²) in [5.74, 6) is -0.710. The van der Waals surface area contributed by atoms with E-state index < -0.39 is 6.10 Å². The van der Waals surface area contributed by atoms with Gasteiger partial charge in [0.15, 0.2) is 6.10 Å². The molecule has 0 bridgehead atoms. The topological polar surface area (TPSA) is 72.8 Å². The number of carbonyl (C=O) groups is 2. The molecule has 0 aromatic carbocycles. The Morgan fingerprint density at radius 2 is 0.656 bits per heavy atom. The smallest absolute Gasteiger partial charge is 0.306 e. The van der Waals surface area contributed by atoms with Gasteiger partial charge in [-0.15, -0.1) is 0 Å². The molecule has 0 aromatic heterocycles. The summed E-state index contributed by atoms with van der Waals surface area (Å²) in [6.45, 7) is 3.82. The van der Waals surface area contributed by atoms with Crippen molar-refractivity contribution >= 4 is 11.9 Å². The molecule has 0 heterocycles. The number of aliphatic hydroxyl groups excluding tert-OH is 1. The Kier molecular flexibility index (Phi) is 49.2. The first kappa shape index (κ1) is 59.5. The fourth-order valence-corrected chi connectivity index (χ4v) is 6.15. The van der Waals surface area contributed by atoms with Crippen molar-refractivity contribution in [3.05, 3.63) is 158 Å². The number of aliphatic hydroxyl groups is 1. The lowest BCUT2D eigenvalue weighted by molar-refractivity contribution is -0.161. The summed E-state index contributed by atoms with van der Waals surface area (Å²) < 4.78 is 10.6. The minimum absolute atomic E-state index is 0.120. The summed E-state index contributed by atoms with van der Waals surface area (Å²) in [6, 6.07) is 0. The van der Waals surface area contributed by atoms with Crippen molar-refractivity contribution in [2.24, 2.45) is 0 Å². The number of ether oxygens (including phenoxy) is 2. The molecular weight excluding hydrogens is 789 g/mol. The molecule has 0 aliphatic rings. The van der Waals surface area contributed by atoms with Gasteiger partial charge in [0.2, 0.25) is 0 Å². The number of carbonyl (C=O) groups excluding carboxylic acids is 2. The van der Waals surface area contributed by atoms with Crippen molar-refractivity contribution in [2.75, 3.05) is 13.2 Å². The van der Waals surface area contributed by atoms with Crippen molar-refractivity contribution < 1.29 is 24.2 Å². The van der Waals surface area contributed by atoms with E-state index >= 15 is 0 Å². The van der Waals surface area contributed by atoms with Crippen LogP contribution in [0.25, 0.3) is 0 Å². The van der Waals surface area contributed by atoms with E-state index in [0.717, 1.165) is 109 Å². The van der Waals surface area contributed by atoms with Crippen molar-refractivity contribution in [1.82, 2.24) is 0 Å². The maximum atomic E-state index is 12.3. The highest BCUT2D eigenvalue weighted by Gasteiger charge is 2.15. The van der Waals surface area contributed by atoms with Gasteiger partial charge in [-0.25, -0.2) is 0 Å². The maximum Gasteiger partial charge on any atom is 0.306 e. The lowest BCUT2D eigenvalue weighted by Crippen LogP contribution is -2.28. The average Bonchev–Trinajstić information content (AvgIpc) is 3.30. The van der Waals surface area contributed by atoms with Gasteiger partial charge in [0.05, 0.1) is 6.61 Å². The van der Waals surface area contributed by atoms with Gasteiger partial charge in [-0.2, -0.15) is 0 Å². The first-order valence-electron chi connectivity index (χ1n) is 25.0. The Morgan fingerprint density at radius 1 is 0.359 bits per heavy atom. The van der Waals surface area contributed by atoms with Crippen LogP contribution < -0.4 is 0 Å². The van der Waals surface area contributed by atoms with Crippen molar-refractivity contribution in [1.29, 1.82) is 0 Å². The summed E-state index contributed by atoms with van der Waals surface area (Å²) in [5, 5.41) is 9.61. The molecule has 0 amide bonds. The van der Waals surface area contributed by atoms with Gasteiger partial charge in [-0.3, -0.25) is 9.59 Å². The zero-order valence-corrected chi connectivity index (χ0v) is 40.5. The Hall–Kier alpha value is -4.48. The van der Waals surface area contributed by atoms with Gasteiger partial charge in [0.1, 0.15) is 6.61 Å². The van der Waals surface area contributed by atoms with E-state index in [-0.39, 0.29) is 31.6 Å². The van der Waals surface area contributed by atoms with Crippen LogP contribution in [0.2, 0.25) is 0 Å². The monoisotopic (exact) mass is 879 g/mol. The van der Waals surface area contributed by atoms with Gasteiger partial charge in [0, 0.05) is 12.8 Å². The molecule has 1 atom stereocenters. The SMILES string of the molecule is CC/C=C\C/C=C\C/C=C\C/C=C\C/C=C\C/C=C\C/C=C\CCCCCCCCCCCC(=O)OC(CO)COC(=O)CC/C=C\C/C=C\C/C=C\C/C=C\C/C=C\C/C=C\CC. The van der Waals surface area contributed by atoms with Crippen LogP contribution in [0.15, 0.2) is 158 Å². The summed E-state index contributed by atoms with van der Waals surface area (Å²) in [6.07, 6.45) is 82.0. The summed E-state index contributed by atoms with van der Waals surface area (Å²) in [7, 11) is 0. The molecule has 1 N–H and O–H groups in total. The molecule has 356 valence electrons. The fraction of sp³-hybridized carbons (Fsp3) is 0.525. The van der Waals surface area contributed by atoms with E-state index in [2.05, 4.69) is 160 Å². The zero-order valence-electron chi connectivity index (χ0n) is 40.5. The maximum absolute atomic E-state index is 12.3. The Bertz CT molecular complexity index is 1460. The van der Waals surface area contributed by atoms with Crippen molar-refractivity contribution in [3.8, 4) is 0 Å². The molecule has 1 unspecified atom stereocenters. The van der Waals surface area contributed by atoms with Gasteiger partial charge in [-0.1, -0.05) is 217 Å². The number of esters is 2. The number of rotatable bonds is 43. The first-order chi connectivity index (χ1) is 31.6. The molecule has 0 fully saturated rings. The van der Waals surface area contributed by atoms with E-state index in [1.54, 1.807) is 0 Å². The van der Waals surface area contributed by atoms with Crippen LogP contribution in [0.4, 0.5) is 0 Å². The molecule has 0 rings (SSSR count). The van der Waals surface area contributed by atoms with Crippen molar-refractivity contribution in [2.45, 2.75) is 187 Å². The molecule has 0 aromatic rings. The van der Waals surface area contributed by atoms with Crippen LogP contribution >= 0.6 is 0 Å². The molecule has 0 spiro atoms. The highest BCUT2D eigenvalue weighted by atomic mass is 16.6. The molecule has 64 heavy (non-hydrogen) atoms. The third kappa shape index (κ3) is 50.2. The van der Waals surface area contributed by atoms with Crippen LogP contribution in [0, 0.1) is 0 Å². The molecule has 5 heteroatoms. The highest BCUT2D eigenvalue weighted by Crippen LogP contribution is 2.13. The molecule has 0 radical (unpaired) electrons. The molecule has 0 aliphatic heterocycles. The van der Waals surface area contributed by atoms with Crippen LogP contribution in [0.3, 0.4) is 0 Å². The number of unbranched alkanes of at least 4 members (excludes halogenated alkanes) is 9. The second-order valence-electron chi connectivity index (χ2n) is 15.8. The van der Waals surface area contributed by atoms with Crippen LogP contribution in [-0.2, 0) is 19.1 Å². The Balaban J connectivity index is 3.68. The lowest BCUT2D eigenvalue weighted by Gasteiger charge is -2.15. The van der Waals surface area contributed by atoms with Crippen LogP contribution in [0.5, 0.6) is 0 Å². The molecule has 0 saturated heterocycles. The number of hydrogen-bond donors (Lipinski definition) is 1. The third-order valence-corrected chi connectivity index (χ3v) is 9.83. The van der Waals surface area contributed by atoms with Gasteiger partial charge in [0.25, 0.3) is 0 Å². The molecule has 0 saturated carbocycles. The van der Waals surface area contributed by atoms with Gasteiger partial charge < -0.3 is 14.6 Å². The standard InChI is InChI=1S/C59H90O5/c1-3-5-7-9-11-13-15-17-19-21-23-24-25-26-27-28-29-30-31-32-33-34-36-38-40-42-44-46-48-50-52-54-59(62)64-57(55-60)56-63-58(61)53-51-49-47-45-43-41-39-37-35-22-20-18-16-14-12-10-8-6-4-2/h5-8,11-14,17-20,23-24,26-27,29-30,32-33,35,37,41,43,47,49,57,60H,3-4,9-10,15-16,21-22,25,28,31,34,36,38-40,42,44-46,48,50-56H2,1-2H3/b7-5-,8-6-,13-11-,14-12-,19-17-,20-18-,24-23-,27-26-,30-29-,33-32-,37-35-,43-41-,49-47-. The van der Waals surface area contributed by atoms with Crippen LogP contribution in [0.1, 0.15) is 181 Å². The normalized spacial score (nSPS) is 13.6. The number of hydrogen-bond acceptors (Lipinski definition) is 5. The summed E-state index contributed by atoms with van der Waals surface area (Å²) in [5.41, 5.74) is 0. The molecule has 0 aliphatic carbocycles. The minimum Gasteiger partial charge on any atom is -0.462 e. The highest BCUT2D eigenvalue weighted by molar-refractivity contribution is 5.70. The quantitative estimate of drug-likeness (QED) is 0.0375. The third-order valence-electron chi connectivity index (χ3n) is 9.83. The number of allylic oxidation sites excluding steroid dienone is 26. The van der Waals surface area contributed by atoms with E-state index in [0.29, 0.717) is 12.8 Å². The van der Waals surface area contributed by atoms with E-state index in [1.807, 2.05) is 12.2 Å². The largest absolute Gasteiger partial charge is 0.462 e. The second kappa shape index (κ2) is 52.9. The Morgan fingerprint density at radius 3 is 1.00 bits per heavy atom. The van der Waals surface area contributed by atoms with Gasteiger partial charge in [-0.05, 0) is 109 Å². The average molecular weight is 879 g/mol. The Labute approximate surface area is 392 Å². The summed E-state index contributed by atoms with van der Waals surface area (Å²) >= 11 is 0. The lowest BCUT2D eigenvalue weighted by atomic mass is 10.1. The molecular formula is C59H90O5. The molecule has 5 nitrogen and oxygen atoms in total. The first-order valence-corrected chi connectivity index (χ1v) is 25.0. The van der Waals surface area contributed by atoms with E-state index in [9.17, 15) is 14.7 Å². The zero-order chi connectivity index (χ0) is 46.3. The predicted molar refractivity (Wildman–Crippen MR) is 278 cm³/mol. The van der Waals surface area contributed by atoms with Crippen molar-refractivity contribution in [3.63, 3.8) is 0 Å².